The van der Waals surface area contributed by atoms with Crippen LogP contribution in [0.15, 0.2) is 66.6 Å². The molecule has 4 heterocycles. The summed E-state index contributed by atoms with van der Waals surface area (Å²) in [6.07, 6.45) is 7.17. The minimum Gasteiger partial charge on any atom is -0.367 e. The molecule has 1 saturated heterocycles. The maximum atomic E-state index is 12.0. The number of aromatic nitrogens is 4. The van der Waals surface area contributed by atoms with E-state index in [0.29, 0.717) is 23.1 Å². The summed E-state index contributed by atoms with van der Waals surface area (Å²) in [4.78, 5) is 32.6. The molecule has 0 bridgehead atoms. The van der Waals surface area contributed by atoms with Gasteiger partial charge >= 0.3 is 6.03 Å². The van der Waals surface area contributed by atoms with E-state index in [1.165, 1.54) is 0 Å². The molecule has 2 fully saturated rings. The Morgan fingerprint density at radius 2 is 1.91 bits per heavy atom. The lowest BCUT2D eigenvalue weighted by Gasteiger charge is -2.12. The molecule has 1 aliphatic heterocycles. The number of benzene rings is 1. The minimum absolute atomic E-state index is 0.155. The average Bonchev–Trinajstić information content (AvgIpc) is 3.48. The van der Waals surface area contributed by atoms with Crippen LogP contribution in [0.3, 0.4) is 0 Å². The molecule has 4 N–H and O–H groups in total. The van der Waals surface area contributed by atoms with Gasteiger partial charge in [-0.25, -0.2) is 9.78 Å². The number of imide groups is 1. The van der Waals surface area contributed by atoms with Gasteiger partial charge < -0.3 is 16.0 Å². The first kappa shape index (κ1) is 19.9. The Morgan fingerprint density at radius 3 is 2.62 bits per heavy atom. The van der Waals surface area contributed by atoms with E-state index in [-0.39, 0.29) is 5.70 Å². The fourth-order valence-corrected chi connectivity index (χ4v) is 3.73. The van der Waals surface area contributed by atoms with Crippen molar-refractivity contribution in [2.24, 2.45) is 0 Å². The molecular formula is C24H20N8O2. The summed E-state index contributed by atoms with van der Waals surface area (Å²) in [6.45, 7) is 0. The van der Waals surface area contributed by atoms with Gasteiger partial charge in [-0.05, 0) is 43.2 Å². The number of pyridine rings is 1. The van der Waals surface area contributed by atoms with E-state index in [9.17, 15) is 9.59 Å². The number of amides is 3. The normalized spacial score (nSPS) is 16.5. The predicted molar refractivity (Wildman–Crippen MR) is 127 cm³/mol. The van der Waals surface area contributed by atoms with Gasteiger partial charge in [0.25, 0.3) is 5.91 Å². The third-order valence-electron chi connectivity index (χ3n) is 5.57. The van der Waals surface area contributed by atoms with E-state index in [0.717, 1.165) is 35.6 Å². The summed E-state index contributed by atoms with van der Waals surface area (Å²) in [5, 5.41) is 16.0. The zero-order valence-corrected chi connectivity index (χ0v) is 17.9. The monoisotopic (exact) mass is 452 g/mol. The minimum atomic E-state index is -0.548. The van der Waals surface area contributed by atoms with Crippen molar-refractivity contribution < 1.29 is 9.59 Å². The molecule has 0 unspecified atom stereocenters. The average molecular weight is 452 g/mol. The summed E-state index contributed by atoms with van der Waals surface area (Å²) in [5.74, 6) is 0.939. The Labute approximate surface area is 194 Å². The van der Waals surface area contributed by atoms with Crippen molar-refractivity contribution in [1.82, 2.24) is 30.2 Å². The van der Waals surface area contributed by atoms with Crippen LogP contribution in [0.4, 0.5) is 22.1 Å². The standard InChI is InChI=1S/C24H20N8O2/c33-23-19(29-24(34)31-23)11-15-13-26-32-21(28-17-8-9-17)12-20(30-22(15)32)27-16-6-4-14(5-7-16)18-3-1-2-10-25-18/h1-7,10-13,17,28H,8-9H2,(H,27,30)(H2,29,31,33,34)/b19-11-. The first-order valence-electron chi connectivity index (χ1n) is 10.9. The number of hydrogen-bond donors (Lipinski definition) is 4. The molecule has 0 radical (unpaired) electrons. The SMILES string of the molecule is O=C1NC(=O)/C(=C/c2cnn3c(NC4CC4)cc(Nc4ccc(-c5ccccn5)cc4)nc23)N1. The number of nitrogens with one attached hydrogen (secondary N) is 4. The first-order valence-corrected chi connectivity index (χ1v) is 10.9. The molecule has 0 atom stereocenters. The first-order chi connectivity index (χ1) is 16.6. The van der Waals surface area contributed by atoms with Crippen molar-refractivity contribution in [3.05, 3.63) is 72.2 Å². The number of fused-ring (bicyclic) bond motifs is 1. The van der Waals surface area contributed by atoms with Crippen LogP contribution in [0.2, 0.25) is 0 Å². The van der Waals surface area contributed by atoms with Crippen LogP contribution in [-0.4, -0.2) is 37.6 Å². The van der Waals surface area contributed by atoms with E-state index >= 15 is 0 Å². The van der Waals surface area contributed by atoms with Crippen LogP contribution >= 0.6 is 0 Å². The van der Waals surface area contributed by atoms with Crippen molar-refractivity contribution in [2.45, 2.75) is 18.9 Å². The Morgan fingerprint density at radius 1 is 1.06 bits per heavy atom. The van der Waals surface area contributed by atoms with Gasteiger partial charge in [-0.3, -0.25) is 15.1 Å². The lowest BCUT2D eigenvalue weighted by molar-refractivity contribution is -0.115. The van der Waals surface area contributed by atoms with Gasteiger partial charge in [-0.1, -0.05) is 18.2 Å². The number of hydrogen-bond acceptors (Lipinski definition) is 7. The molecule has 168 valence electrons. The van der Waals surface area contributed by atoms with Gasteiger partial charge in [-0.15, -0.1) is 0 Å². The van der Waals surface area contributed by atoms with Crippen LogP contribution in [0.1, 0.15) is 18.4 Å². The molecule has 10 heteroatoms. The Bertz CT molecular complexity index is 1440. The number of carbonyl (C=O) groups excluding carboxylic acids is 2. The number of anilines is 3. The lowest BCUT2D eigenvalue weighted by Crippen LogP contribution is -2.22. The summed E-state index contributed by atoms with van der Waals surface area (Å²) >= 11 is 0. The zero-order valence-electron chi connectivity index (χ0n) is 17.9. The fourth-order valence-electron chi connectivity index (χ4n) is 3.73. The molecule has 10 nitrogen and oxygen atoms in total. The van der Waals surface area contributed by atoms with Crippen LogP contribution in [-0.2, 0) is 4.79 Å². The van der Waals surface area contributed by atoms with Crippen molar-refractivity contribution in [3.8, 4) is 11.3 Å². The third-order valence-corrected chi connectivity index (χ3v) is 5.57. The molecule has 4 aromatic rings. The largest absolute Gasteiger partial charge is 0.367 e. The van der Waals surface area contributed by atoms with E-state index in [1.807, 2.05) is 48.5 Å². The van der Waals surface area contributed by atoms with Crippen LogP contribution in [0.5, 0.6) is 0 Å². The van der Waals surface area contributed by atoms with Gasteiger partial charge in [0.05, 0.1) is 11.9 Å². The highest BCUT2D eigenvalue weighted by Crippen LogP contribution is 2.29. The number of nitrogens with zero attached hydrogens (tertiary/aromatic N) is 4. The van der Waals surface area contributed by atoms with Crippen LogP contribution in [0, 0.1) is 0 Å². The molecule has 3 amide bonds. The Balaban J connectivity index is 1.34. The molecule has 6 rings (SSSR count). The van der Waals surface area contributed by atoms with Crippen molar-refractivity contribution >= 4 is 41.0 Å². The summed E-state index contributed by atoms with van der Waals surface area (Å²) < 4.78 is 1.70. The maximum absolute atomic E-state index is 12.0. The van der Waals surface area contributed by atoms with Gasteiger partial charge in [0.15, 0.2) is 5.65 Å². The molecule has 34 heavy (non-hydrogen) atoms. The van der Waals surface area contributed by atoms with E-state index < -0.39 is 11.9 Å². The molecule has 1 aromatic carbocycles. The number of carbonyl (C=O) groups is 2. The molecule has 3 aromatic heterocycles. The molecule has 1 aliphatic carbocycles. The zero-order chi connectivity index (χ0) is 23.1. The van der Waals surface area contributed by atoms with Crippen molar-refractivity contribution in [2.75, 3.05) is 10.6 Å². The summed E-state index contributed by atoms with van der Waals surface area (Å²) in [7, 11) is 0. The second-order valence-electron chi connectivity index (χ2n) is 8.16. The van der Waals surface area contributed by atoms with E-state index in [1.54, 1.807) is 23.0 Å². The smallest absolute Gasteiger partial charge is 0.326 e. The highest BCUT2D eigenvalue weighted by atomic mass is 16.2. The topological polar surface area (TPSA) is 125 Å². The second-order valence-corrected chi connectivity index (χ2v) is 8.16. The molecule has 2 aliphatic rings. The highest BCUT2D eigenvalue weighted by Gasteiger charge is 2.25. The van der Waals surface area contributed by atoms with Gasteiger partial charge in [0.1, 0.15) is 17.3 Å². The third kappa shape index (κ3) is 3.92. The van der Waals surface area contributed by atoms with Crippen molar-refractivity contribution in [1.29, 1.82) is 0 Å². The maximum Gasteiger partial charge on any atom is 0.326 e. The number of rotatable bonds is 6. The van der Waals surface area contributed by atoms with Crippen LogP contribution in [0.25, 0.3) is 23.0 Å². The van der Waals surface area contributed by atoms with Crippen molar-refractivity contribution in [3.63, 3.8) is 0 Å². The molecule has 0 spiro atoms. The van der Waals surface area contributed by atoms with Gasteiger partial charge in [-0.2, -0.15) is 9.61 Å². The Kier molecular flexibility index (Phi) is 4.69. The summed E-state index contributed by atoms with van der Waals surface area (Å²) in [5.41, 5.74) is 4.12. The quantitative estimate of drug-likeness (QED) is 0.261. The second kappa shape index (κ2) is 8.00. The lowest BCUT2D eigenvalue weighted by atomic mass is 10.1. The molecular weight excluding hydrogens is 432 g/mol. The van der Waals surface area contributed by atoms with E-state index in [2.05, 4.69) is 31.3 Å². The fraction of sp³-hybridized carbons (Fsp3) is 0.125. The summed E-state index contributed by atoms with van der Waals surface area (Å²) in [6, 6.07) is 15.5. The van der Waals surface area contributed by atoms with Gasteiger partial charge in [0, 0.05) is 35.1 Å². The Hall–Kier alpha value is -4.73. The van der Waals surface area contributed by atoms with Gasteiger partial charge in [0.2, 0.25) is 0 Å². The van der Waals surface area contributed by atoms with Crippen LogP contribution < -0.4 is 21.3 Å². The predicted octanol–water partition coefficient (Wildman–Crippen LogP) is 3.29. The highest BCUT2D eigenvalue weighted by molar-refractivity contribution is 6.14. The van der Waals surface area contributed by atoms with E-state index in [4.69, 9.17) is 4.98 Å². The molecule has 1 saturated carbocycles. The number of urea groups is 1.